The summed E-state index contributed by atoms with van der Waals surface area (Å²) < 4.78 is 6.77. The van der Waals surface area contributed by atoms with Crippen LogP contribution in [0.15, 0.2) is 229 Å². The Balaban J connectivity index is 1.22. The molecule has 2 nitrogen and oxygen atoms in total. The van der Waals surface area contributed by atoms with Crippen LogP contribution in [0.3, 0.4) is 0 Å². The summed E-state index contributed by atoms with van der Waals surface area (Å²) in [4.78, 5) is 2.39. The first-order valence-corrected chi connectivity index (χ1v) is 19.1. The number of hydrogen-bond donors (Lipinski definition) is 0. The molecule has 264 valence electrons. The van der Waals surface area contributed by atoms with E-state index in [9.17, 15) is 0 Å². The first-order chi connectivity index (χ1) is 27.8. The Labute approximate surface area is 327 Å². The fraction of sp³-hybridized carbons (Fsp3) is 0. The minimum Gasteiger partial charge on any atom is -0.454 e. The standard InChI is InChI=1S/C54H37NO/c1-4-17-38(18-5-1)42-23-14-24-43(37-42)39-33-35-44(36-34-39)55(51-31-16-29-49-47-26-12-13-32-52(47)56-54(49)51)50-30-15-28-46(41-21-8-3-9-22-41)53(50)48-27-11-10-25-45(48)40-19-6-2-7-20-40/h1-37H. The van der Waals surface area contributed by atoms with Gasteiger partial charge in [-0.05, 0) is 86.5 Å². The van der Waals surface area contributed by atoms with E-state index in [0.29, 0.717) is 0 Å². The molecule has 0 radical (unpaired) electrons. The van der Waals surface area contributed by atoms with Crippen molar-refractivity contribution in [2.75, 3.05) is 4.90 Å². The van der Waals surface area contributed by atoms with Gasteiger partial charge in [-0.1, -0.05) is 188 Å². The van der Waals surface area contributed by atoms with Crippen molar-refractivity contribution in [1.82, 2.24) is 0 Å². The van der Waals surface area contributed by atoms with Crippen molar-refractivity contribution in [2.45, 2.75) is 0 Å². The normalized spacial score (nSPS) is 11.2. The summed E-state index contributed by atoms with van der Waals surface area (Å²) in [7, 11) is 0. The Hall–Kier alpha value is -7.42. The zero-order valence-corrected chi connectivity index (χ0v) is 30.7. The van der Waals surface area contributed by atoms with Gasteiger partial charge in [0, 0.05) is 22.0 Å². The van der Waals surface area contributed by atoms with E-state index >= 15 is 0 Å². The number of nitrogens with zero attached hydrogens (tertiary/aromatic N) is 1. The number of fused-ring (bicyclic) bond motifs is 3. The number of furan rings is 1. The van der Waals surface area contributed by atoms with Crippen molar-refractivity contribution >= 4 is 39.0 Å². The molecule has 0 spiro atoms. The molecule has 0 aliphatic carbocycles. The molecule has 0 aliphatic rings. The molecule has 9 aromatic carbocycles. The Morgan fingerprint density at radius 3 is 1.50 bits per heavy atom. The fourth-order valence-corrected chi connectivity index (χ4v) is 8.07. The van der Waals surface area contributed by atoms with Crippen molar-refractivity contribution in [3.8, 4) is 55.6 Å². The topological polar surface area (TPSA) is 16.4 Å². The second-order valence-electron chi connectivity index (χ2n) is 14.1. The molecule has 0 atom stereocenters. The molecule has 1 heterocycles. The van der Waals surface area contributed by atoms with E-state index in [2.05, 4.69) is 223 Å². The molecule has 0 unspecified atom stereocenters. The second kappa shape index (κ2) is 14.4. The van der Waals surface area contributed by atoms with Crippen LogP contribution in [0, 0.1) is 0 Å². The second-order valence-corrected chi connectivity index (χ2v) is 14.1. The summed E-state index contributed by atoms with van der Waals surface area (Å²) in [6, 6.07) is 80.0. The summed E-state index contributed by atoms with van der Waals surface area (Å²) in [6.07, 6.45) is 0. The molecule has 0 N–H and O–H groups in total. The molecule has 0 aliphatic heterocycles. The maximum atomic E-state index is 6.77. The van der Waals surface area contributed by atoms with Gasteiger partial charge in [0.2, 0.25) is 0 Å². The molecule has 0 fully saturated rings. The average molecular weight is 716 g/mol. The molecule has 0 saturated heterocycles. The van der Waals surface area contributed by atoms with Gasteiger partial charge in [-0.15, -0.1) is 0 Å². The highest BCUT2D eigenvalue weighted by molar-refractivity contribution is 6.11. The average Bonchev–Trinajstić information content (AvgIpc) is 3.67. The van der Waals surface area contributed by atoms with Crippen LogP contribution in [0.1, 0.15) is 0 Å². The predicted octanol–water partition coefficient (Wildman–Crippen LogP) is 15.4. The van der Waals surface area contributed by atoms with Gasteiger partial charge < -0.3 is 9.32 Å². The van der Waals surface area contributed by atoms with Gasteiger partial charge >= 0.3 is 0 Å². The quantitative estimate of drug-likeness (QED) is 0.156. The Bertz CT molecular complexity index is 2950. The molecule has 10 aromatic rings. The maximum Gasteiger partial charge on any atom is 0.159 e. The van der Waals surface area contributed by atoms with Crippen LogP contribution in [0.5, 0.6) is 0 Å². The van der Waals surface area contributed by atoms with Crippen molar-refractivity contribution < 1.29 is 4.42 Å². The van der Waals surface area contributed by atoms with Gasteiger partial charge in [0.1, 0.15) is 5.58 Å². The van der Waals surface area contributed by atoms with Crippen LogP contribution in [0.2, 0.25) is 0 Å². The fourth-order valence-electron chi connectivity index (χ4n) is 8.07. The summed E-state index contributed by atoms with van der Waals surface area (Å²) in [5.74, 6) is 0. The zero-order chi connectivity index (χ0) is 37.3. The van der Waals surface area contributed by atoms with Gasteiger partial charge in [0.15, 0.2) is 5.58 Å². The van der Waals surface area contributed by atoms with Gasteiger partial charge in [0.25, 0.3) is 0 Å². The first-order valence-electron chi connectivity index (χ1n) is 19.1. The summed E-state index contributed by atoms with van der Waals surface area (Å²) >= 11 is 0. The molecule has 0 saturated carbocycles. The molecule has 0 bridgehead atoms. The summed E-state index contributed by atoms with van der Waals surface area (Å²) in [5, 5.41) is 2.19. The Morgan fingerprint density at radius 2 is 0.786 bits per heavy atom. The van der Waals surface area contributed by atoms with Crippen molar-refractivity contribution in [1.29, 1.82) is 0 Å². The van der Waals surface area contributed by atoms with Gasteiger partial charge in [0.05, 0.1) is 11.4 Å². The van der Waals surface area contributed by atoms with E-state index < -0.39 is 0 Å². The molecular weight excluding hydrogens is 679 g/mol. The maximum absolute atomic E-state index is 6.77. The van der Waals surface area contributed by atoms with E-state index in [1.165, 1.54) is 27.8 Å². The minimum absolute atomic E-state index is 0.848. The third-order valence-corrected chi connectivity index (χ3v) is 10.7. The number of anilines is 3. The van der Waals surface area contributed by atoms with Crippen LogP contribution in [0.4, 0.5) is 17.1 Å². The molecule has 10 rings (SSSR count). The number of rotatable bonds is 8. The highest BCUT2D eigenvalue weighted by atomic mass is 16.3. The van der Waals surface area contributed by atoms with Crippen LogP contribution >= 0.6 is 0 Å². The highest BCUT2D eigenvalue weighted by Crippen LogP contribution is 2.50. The Morgan fingerprint density at radius 1 is 0.304 bits per heavy atom. The zero-order valence-electron chi connectivity index (χ0n) is 30.7. The summed E-state index contributed by atoms with van der Waals surface area (Å²) in [6.45, 7) is 0. The smallest absolute Gasteiger partial charge is 0.159 e. The van der Waals surface area contributed by atoms with Crippen molar-refractivity contribution in [3.63, 3.8) is 0 Å². The van der Waals surface area contributed by atoms with E-state index in [4.69, 9.17) is 4.42 Å². The lowest BCUT2D eigenvalue weighted by molar-refractivity contribution is 0.669. The first kappa shape index (κ1) is 33.2. The number of benzene rings is 9. The molecular formula is C54H37NO. The monoisotopic (exact) mass is 715 g/mol. The molecule has 2 heteroatoms. The number of hydrogen-bond acceptors (Lipinski definition) is 2. The van der Waals surface area contributed by atoms with E-state index in [0.717, 1.165) is 66.8 Å². The van der Waals surface area contributed by atoms with Crippen molar-refractivity contribution in [3.05, 3.63) is 224 Å². The van der Waals surface area contributed by atoms with E-state index in [-0.39, 0.29) is 0 Å². The lowest BCUT2D eigenvalue weighted by atomic mass is 9.87. The van der Waals surface area contributed by atoms with Crippen LogP contribution in [0.25, 0.3) is 77.6 Å². The van der Waals surface area contributed by atoms with Gasteiger partial charge in [-0.2, -0.15) is 0 Å². The predicted molar refractivity (Wildman–Crippen MR) is 236 cm³/mol. The summed E-state index contributed by atoms with van der Waals surface area (Å²) in [5.41, 5.74) is 16.5. The molecule has 1 aromatic heterocycles. The van der Waals surface area contributed by atoms with E-state index in [1.807, 2.05) is 6.07 Å². The highest BCUT2D eigenvalue weighted by Gasteiger charge is 2.25. The van der Waals surface area contributed by atoms with E-state index in [1.54, 1.807) is 0 Å². The van der Waals surface area contributed by atoms with Crippen LogP contribution in [-0.4, -0.2) is 0 Å². The lowest BCUT2D eigenvalue weighted by Crippen LogP contribution is -2.12. The van der Waals surface area contributed by atoms with Gasteiger partial charge in [-0.3, -0.25) is 0 Å². The van der Waals surface area contributed by atoms with Crippen molar-refractivity contribution in [2.24, 2.45) is 0 Å². The third-order valence-electron chi connectivity index (χ3n) is 10.7. The molecule has 0 amide bonds. The van der Waals surface area contributed by atoms with Crippen LogP contribution < -0.4 is 4.90 Å². The minimum atomic E-state index is 0.848. The SMILES string of the molecule is c1ccc(-c2cccc(-c3ccc(N(c4cccc(-c5ccccc5)c4-c4ccccc4-c4ccccc4)c4cccc5c4oc4ccccc45)cc3)c2)cc1. The molecule has 56 heavy (non-hydrogen) atoms. The largest absolute Gasteiger partial charge is 0.454 e. The third kappa shape index (κ3) is 6.04. The van der Waals surface area contributed by atoms with Gasteiger partial charge in [-0.25, -0.2) is 0 Å². The van der Waals surface area contributed by atoms with Crippen LogP contribution in [-0.2, 0) is 0 Å². The number of para-hydroxylation sites is 2. The Kier molecular flexibility index (Phi) is 8.55. The lowest BCUT2D eigenvalue weighted by Gasteiger charge is -2.30.